The number of rotatable bonds is 8. The summed E-state index contributed by atoms with van der Waals surface area (Å²) in [7, 11) is 0. The molecule has 5 nitrogen and oxygen atoms in total. The Kier molecular flexibility index (Phi) is 6.66. The van der Waals surface area contributed by atoms with Gasteiger partial charge in [0.05, 0.1) is 12.1 Å². The number of hydrogen-bond acceptors (Lipinski definition) is 4. The number of aryl methyl sites for hydroxylation is 1. The zero-order chi connectivity index (χ0) is 21.8. The predicted molar refractivity (Wildman–Crippen MR) is 120 cm³/mol. The summed E-state index contributed by atoms with van der Waals surface area (Å²) in [5, 5.41) is 8.47. The molecule has 164 valence electrons. The van der Waals surface area contributed by atoms with Crippen LogP contribution < -0.4 is 4.74 Å². The number of nitrogens with zero attached hydrogens (tertiary/aromatic N) is 2. The van der Waals surface area contributed by atoms with Crippen LogP contribution in [0.4, 0.5) is 4.39 Å². The smallest absolute Gasteiger partial charge is 0.159 e. The first kappa shape index (κ1) is 21.5. The van der Waals surface area contributed by atoms with E-state index in [9.17, 15) is 9.18 Å². The molecule has 0 radical (unpaired) electrons. The van der Waals surface area contributed by atoms with Crippen LogP contribution in [-0.2, 0) is 0 Å². The molecular weight excluding hydrogens is 393 g/mol. The van der Waals surface area contributed by atoms with Crippen LogP contribution in [0.5, 0.6) is 5.75 Å². The highest BCUT2D eigenvalue weighted by atomic mass is 19.1. The van der Waals surface area contributed by atoms with Gasteiger partial charge in [-0.15, -0.1) is 0 Å². The van der Waals surface area contributed by atoms with Crippen LogP contribution >= 0.6 is 0 Å². The second-order valence-electron chi connectivity index (χ2n) is 8.51. The number of piperidine rings is 1. The second-order valence-corrected chi connectivity index (χ2v) is 8.51. The van der Waals surface area contributed by atoms with E-state index in [1.807, 2.05) is 31.2 Å². The third-order valence-electron chi connectivity index (χ3n) is 6.25. The molecule has 1 aliphatic rings. The Bertz CT molecular complexity index is 1050. The van der Waals surface area contributed by atoms with Crippen molar-refractivity contribution >= 4 is 16.7 Å². The topological polar surface area (TPSA) is 58.2 Å². The number of H-pyrrole nitrogens is 1. The van der Waals surface area contributed by atoms with Gasteiger partial charge in [0, 0.05) is 28.6 Å². The quantitative estimate of drug-likeness (QED) is 0.397. The van der Waals surface area contributed by atoms with Gasteiger partial charge in [0.2, 0.25) is 0 Å². The second kappa shape index (κ2) is 9.60. The lowest BCUT2D eigenvalue weighted by molar-refractivity contribution is 0.101. The number of carbonyl (C=O) groups is 1. The predicted octanol–water partition coefficient (Wildman–Crippen LogP) is 5.25. The number of likely N-dealkylation sites (tertiary alicyclic amines) is 1. The Balaban J connectivity index is 1.18. The Morgan fingerprint density at radius 2 is 2.00 bits per heavy atom. The largest absolute Gasteiger partial charge is 0.493 e. The Hall–Kier alpha value is -2.73. The van der Waals surface area contributed by atoms with Crippen molar-refractivity contribution in [3.8, 4) is 5.75 Å². The molecule has 1 N–H and O–H groups in total. The molecule has 1 saturated heterocycles. The number of ketones is 1. The maximum absolute atomic E-state index is 13.4. The molecule has 0 atom stereocenters. The molecule has 2 heterocycles. The molecule has 0 unspecified atom stereocenters. The molecule has 0 aliphatic carbocycles. The van der Waals surface area contributed by atoms with Crippen molar-refractivity contribution in [2.24, 2.45) is 0 Å². The van der Waals surface area contributed by atoms with Gasteiger partial charge in [-0.05, 0) is 95.1 Å². The summed E-state index contributed by atoms with van der Waals surface area (Å²) in [5.74, 6) is 1.15. The van der Waals surface area contributed by atoms with Gasteiger partial charge in [0.1, 0.15) is 11.6 Å². The third-order valence-corrected chi connectivity index (χ3v) is 6.25. The van der Waals surface area contributed by atoms with E-state index >= 15 is 0 Å². The van der Waals surface area contributed by atoms with Crippen LogP contribution in [0.25, 0.3) is 10.9 Å². The van der Waals surface area contributed by atoms with Crippen molar-refractivity contribution < 1.29 is 13.9 Å². The summed E-state index contributed by atoms with van der Waals surface area (Å²) in [4.78, 5) is 14.0. The lowest BCUT2D eigenvalue weighted by Crippen LogP contribution is -2.34. The molecular formula is C25H30FN3O2. The van der Waals surface area contributed by atoms with Gasteiger partial charge >= 0.3 is 0 Å². The average molecular weight is 424 g/mol. The number of unbranched alkanes of at least 4 members (excludes halogenated alkanes) is 1. The molecule has 1 aromatic heterocycles. The fourth-order valence-corrected chi connectivity index (χ4v) is 4.41. The molecule has 0 amide bonds. The lowest BCUT2D eigenvalue weighted by atomic mass is 9.91. The first-order chi connectivity index (χ1) is 15.0. The maximum atomic E-state index is 13.4. The molecule has 6 heteroatoms. The van der Waals surface area contributed by atoms with E-state index < -0.39 is 0 Å². The maximum Gasteiger partial charge on any atom is 0.159 e. The summed E-state index contributed by atoms with van der Waals surface area (Å²) < 4.78 is 19.3. The van der Waals surface area contributed by atoms with Crippen molar-refractivity contribution in [1.82, 2.24) is 15.1 Å². The molecule has 0 bridgehead atoms. The number of fused-ring (bicyclic) bond motifs is 1. The van der Waals surface area contributed by atoms with E-state index in [1.54, 1.807) is 6.92 Å². The van der Waals surface area contributed by atoms with E-state index in [1.165, 1.54) is 12.1 Å². The SMILES string of the molecule is CC(=O)c1ccc(OCCCCN2CCC(c3[nH]nc4cc(F)ccc34)CC2)c(C)c1. The van der Waals surface area contributed by atoms with Crippen LogP contribution in [0, 0.1) is 12.7 Å². The van der Waals surface area contributed by atoms with Crippen LogP contribution in [0.2, 0.25) is 0 Å². The minimum Gasteiger partial charge on any atom is -0.493 e. The molecule has 1 aliphatic heterocycles. The van der Waals surface area contributed by atoms with Gasteiger partial charge in [0.25, 0.3) is 0 Å². The Labute approximate surface area is 182 Å². The highest BCUT2D eigenvalue weighted by Gasteiger charge is 2.23. The minimum absolute atomic E-state index is 0.0769. The minimum atomic E-state index is -0.243. The van der Waals surface area contributed by atoms with Gasteiger partial charge in [-0.25, -0.2) is 4.39 Å². The van der Waals surface area contributed by atoms with Crippen molar-refractivity contribution in [1.29, 1.82) is 0 Å². The molecule has 3 aromatic rings. The number of nitrogens with one attached hydrogen (secondary N) is 1. The fourth-order valence-electron chi connectivity index (χ4n) is 4.41. The van der Waals surface area contributed by atoms with E-state index in [2.05, 4.69) is 15.1 Å². The van der Waals surface area contributed by atoms with Crippen LogP contribution in [0.3, 0.4) is 0 Å². The van der Waals surface area contributed by atoms with Crippen molar-refractivity contribution in [2.75, 3.05) is 26.2 Å². The van der Waals surface area contributed by atoms with Gasteiger partial charge in [-0.1, -0.05) is 0 Å². The van der Waals surface area contributed by atoms with Crippen LogP contribution in [-0.4, -0.2) is 47.1 Å². The normalized spacial score (nSPS) is 15.5. The van der Waals surface area contributed by atoms with Crippen molar-refractivity contribution in [3.63, 3.8) is 0 Å². The number of aromatic amines is 1. The van der Waals surface area contributed by atoms with Gasteiger partial charge in [0.15, 0.2) is 5.78 Å². The van der Waals surface area contributed by atoms with Crippen LogP contribution in [0.15, 0.2) is 36.4 Å². The molecule has 0 spiro atoms. The standard InChI is InChI=1S/C25H30FN3O2/c1-17-15-20(18(2)30)5-8-24(17)31-14-4-3-11-29-12-9-19(10-13-29)25-22-7-6-21(26)16-23(22)27-28-25/h5-8,15-16,19H,3-4,9-14H2,1-2H3,(H,27,28). The molecule has 0 saturated carbocycles. The van der Waals surface area contributed by atoms with Crippen molar-refractivity contribution in [2.45, 2.75) is 45.4 Å². The third kappa shape index (κ3) is 5.13. The Morgan fingerprint density at radius 3 is 2.74 bits per heavy atom. The van der Waals surface area contributed by atoms with E-state index in [-0.39, 0.29) is 11.6 Å². The summed E-state index contributed by atoms with van der Waals surface area (Å²) in [6, 6.07) is 10.5. The summed E-state index contributed by atoms with van der Waals surface area (Å²) in [6.45, 7) is 7.46. The molecule has 31 heavy (non-hydrogen) atoms. The monoisotopic (exact) mass is 423 g/mol. The first-order valence-corrected chi connectivity index (χ1v) is 11.1. The summed E-state index contributed by atoms with van der Waals surface area (Å²) in [5.41, 5.74) is 3.59. The van der Waals surface area contributed by atoms with Gasteiger partial charge in [-0.2, -0.15) is 5.10 Å². The summed E-state index contributed by atoms with van der Waals surface area (Å²) in [6.07, 6.45) is 4.28. The number of hydrogen-bond donors (Lipinski definition) is 1. The average Bonchev–Trinajstić information content (AvgIpc) is 3.17. The lowest BCUT2D eigenvalue weighted by Gasteiger charge is -2.31. The zero-order valence-electron chi connectivity index (χ0n) is 18.3. The number of carbonyl (C=O) groups excluding carboxylic acids is 1. The van der Waals surface area contributed by atoms with Crippen LogP contribution in [0.1, 0.15) is 60.1 Å². The van der Waals surface area contributed by atoms with E-state index in [0.29, 0.717) is 18.0 Å². The number of benzene rings is 2. The van der Waals surface area contributed by atoms with Gasteiger partial charge < -0.3 is 9.64 Å². The van der Waals surface area contributed by atoms with Gasteiger partial charge in [-0.3, -0.25) is 9.89 Å². The number of halogens is 1. The zero-order valence-corrected chi connectivity index (χ0v) is 18.3. The Morgan fingerprint density at radius 1 is 1.19 bits per heavy atom. The van der Waals surface area contributed by atoms with Crippen molar-refractivity contribution in [3.05, 3.63) is 59.0 Å². The molecule has 4 rings (SSSR count). The number of aromatic nitrogens is 2. The highest BCUT2D eigenvalue weighted by molar-refractivity contribution is 5.94. The first-order valence-electron chi connectivity index (χ1n) is 11.1. The number of ether oxygens (including phenoxy) is 1. The van der Waals surface area contributed by atoms with E-state index in [0.717, 1.165) is 73.3 Å². The van der Waals surface area contributed by atoms with E-state index in [4.69, 9.17) is 4.74 Å². The fraction of sp³-hybridized carbons (Fsp3) is 0.440. The molecule has 1 fully saturated rings. The highest BCUT2D eigenvalue weighted by Crippen LogP contribution is 2.31. The molecule has 2 aromatic carbocycles. The summed E-state index contributed by atoms with van der Waals surface area (Å²) >= 11 is 0. The number of Topliss-reactive ketones (excluding diaryl/α,β-unsaturated/α-hetero) is 1.